The van der Waals surface area contributed by atoms with Crippen LogP contribution in [0.1, 0.15) is 32.6 Å². The minimum absolute atomic E-state index is 0.0230. The van der Waals surface area contributed by atoms with Gasteiger partial charge in [0.25, 0.3) is 0 Å². The summed E-state index contributed by atoms with van der Waals surface area (Å²) in [6, 6.07) is 0. The van der Waals surface area contributed by atoms with Gasteiger partial charge in [0.15, 0.2) is 0 Å². The molecule has 94 valence electrons. The fourth-order valence-electron chi connectivity index (χ4n) is 1.17. The Balaban J connectivity index is 3.81. The number of ether oxygens (including phenoxy) is 1. The van der Waals surface area contributed by atoms with Gasteiger partial charge in [-0.25, -0.2) is 0 Å². The van der Waals surface area contributed by atoms with Crippen molar-refractivity contribution in [1.82, 2.24) is 0 Å². The molecule has 0 aromatic carbocycles. The highest BCUT2D eigenvalue weighted by Crippen LogP contribution is 2.08. The molecule has 0 amide bonds. The maximum absolute atomic E-state index is 10.9. The van der Waals surface area contributed by atoms with Crippen molar-refractivity contribution >= 4 is 11.9 Å². The van der Waals surface area contributed by atoms with Crippen LogP contribution in [-0.4, -0.2) is 46.1 Å². The summed E-state index contributed by atoms with van der Waals surface area (Å²) >= 11 is 0. The van der Waals surface area contributed by atoms with E-state index in [1.165, 1.54) is 0 Å². The average Bonchev–Trinajstić information content (AvgIpc) is 2.16. The first-order valence-electron chi connectivity index (χ1n) is 5.15. The molecule has 0 spiro atoms. The third kappa shape index (κ3) is 7.33. The summed E-state index contributed by atoms with van der Waals surface area (Å²) < 4.78 is 4.21. The van der Waals surface area contributed by atoms with Crippen LogP contribution < -0.4 is 0 Å². The summed E-state index contributed by atoms with van der Waals surface area (Å²) in [7, 11) is 0. The van der Waals surface area contributed by atoms with E-state index in [1.54, 1.807) is 0 Å². The third-order valence-corrected chi connectivity index (χ3v) is 1.99. The van der Waals surface area contributed by atoms with Crippen LogP contribution in [0.15, 0.2) is 0 Å². The van der Waals surface area contributed by atoms with Crippen molar-refractivity contribution in [3.8, 4) is 0 Å². The Morgan fingerprint density at radius 3 is 2.31 bits per heavy atom. The number of unbranched alkanes of at least 4 members (excludes halogenated alkanes) is 1. The molecule has 16 heavy (non-hydrogen) atoms. The molecule has 0 aromatic heterocycles. The first kappa shape index (κ1) is 15.0. The van der Waals surface area contributed by atoms with Crippen molar-refractivity contribution in [2.45, 2.75) is 44.8 Å². The third-order valence-electron chi connectivity index (χ3n) is 1.99. The van der Waals surface area contributed by atoms with Crippen LogP contribution in [0.3, 0.4) is 0 Å². The fraction of sp³-hybridized carbons (Fsp3) is 0.800. The van der Waals surface area contributed by atoms with Gasteiger partial charge in [-0.15, -0.1) is 0 Å². The quantitative estimate of drug-likeness (QED) is 0.307. The summed E-state index contributed by atoms with van der Waals surface area (Å²) in [6.07, 6.45) is -1.34. The second-order valence-corrected chi connectivity index (χ2v) is 3.52. The van der Waals surface area contributed by atoms with Crippen LogP contribution in [0.25, 0.3) is 0 Å². The van der Waals surface area contributed by atoms with Gasteiger partial charge in [0, 0.05) is 13.5 Å². The monoisotopic (exact) mass is 234 g/mol. The lowest BCUT2D eigenvalue weighted by Crippen LogP contribution is -2.29. The molecular weight excluding hydrogens is 216 g/mol. The Morgan fingerprint density at radius 1 is 1.19 bits per heavy atom. The first-order chi connectivity index (χ1) is 7.47. The molecular formula is C10H18O6. The normalized spacial score (nSPS) is 14.2. The number of hydrogen-bond acceptors (Lipinski definition) is 6. The number of hydrogen-bond donors (Lipinski definition) is 3. The zero-order chi connectivity index (χ0) is 12.6. The van der Waals surface area contributed by atoms with E-state index in [0.717, 1.165) is 6.92 Å². The number of aliphatic hydroxyl groups excluding tert-OH is 3. The lowest BCUT2D eigenvalue weighted by atomic mass is 10.0. The molecule has 2 atom stereocenters. The minimum Gasteiger partial charge on any atom is -0.396 e. The van der Waals surface area contributed by atoms with E-state index in [1.807, 2.05) is 0 Å². The van der Waals surface area contributed by atoms with Gasteiger partial charge in [-0.1, -0.05) is 0 Å². The summed E-state index contributed by atoms with van der Waals surface area (Å²) in [5.74, 6) is -1.60. The highest BCUT2D eigenvalue weighted by atomic mass is 16.6. The fourth-order valence-corrected chi connectivity index (χ4v) is 1.17. The van der Waals surface area contributed by atoms with Gasteiger partial charge in [-0.3, -0.25) is 9.59 Å². The molecule has 0 rings (SSSR count). The Hall–Kier alpha value is -0.980. The Kier molecular flexibility index (Phi) is 7.70. The van der Waals surface area contributed by atoms with E-state index >= 15 is 0 Å². The topological polar surface area (TPSA) is 104 Å². The molecule has 0 saturated heterocycles. The van der Waals surface area contributed by atoms with Crippen LogP contribution in [0.5, 0.6) is 0 Å². The Labute approximate surface area is 93.8 Å². The molecule has 3 N–H and O–H groups in total. The van der Waals surface area contributed by atoms with Crippen LogP contribution in [-0.2, 0) is 14.3 Å². The van der Waals surface area contributed by atoms with Crippen molar-refractivity contribution < 1.29 is 29.6 Å². The largest absolute Gasteiger partial charge is 0.396 e. The van der Waals surface area contributed by atoms with Crippen LogP contribution in [0.2, 0.25) is 0 Å². The molecule has 0 fully saturated rings. The zero-order valence-corrected chi connectivity index (χ0v) is 9.26. The number of rotatable bonds is 7. The van der Waals surface area contributed by atoms with Gasteiger partial charge >= 0.3 is 11.9 Å². The van der Waals surface area contributed by atoms with E-state index in [2.05, 4.69) is 4.74 Å². The van der Waals surface area contributed by atoms with Crippen molar-refractivity contribution in [1.29, 1.82) is 0 Å². The van der Waals surface area contributed by atoms with Gasteiger partial charge in [0.1, 0.15) is 0 Å². The molecule has 0 aliphatic carbocycles. The molecule has 0 saturated carbocycles. The van der Waals surface area contributed by atoms with Crippen LogP contribution in [0.4, 0.5) is 0 Å². The molecule has 0 aromatic rings. The van der Waals surface area contributed by atoms with E-state index in [0.29, 0.717) is 12.8 Å². The van der Waals surface area contributed by atoms with Gasteiger partial charge in [-0.05, 0) is 19.3 Å². The van der Waals surface area contributed by atoms with Crippen molar-refractivity contribution in [3.05, 3.63) is 0 Å². The maximum Gasteiger partial charge on any atom is 0.316 e. The smallest absolute Gasteiger partial charge is 0.316 e. The summed E-state index contributed by atoms with van der Waals surface area (Å²) in [5.41, 5.74) is 0. The Morgan fingerprint density at radius 2 is 1.81 bits per heavy atom. The molecule has 6 nitrogen and oxygen atoms in total. The summed E-state index contributed by atoms with van der Waals surface area (Å²) in [6.45, 7) is 1.11. The van der Waals surface area contributed by atoms with Gasteiger partial charge in [-0.2, -0.15) is 0 Å². The SMILES string of the molecule is CC(=O)OC(=O)CC(O)C(O)CCCCO. The second-order valence-electron chi connectivity index (χ2n) is 3.52. The van der Waals surface area contributed by atoms with Gasteiger partial charge in [0.05, 0.1) is 18.6 Å². The average molecular weight is 234 g/mol. The van der Waals surface area contributed by atoms with Crippen LogP contribution >= 0.6 is 0 Å². The summed E-state index contributed by atoms with van der Waals surface area (Å²) in [5, 5.41) is 27.3. The molecule has 0 radical (unpaired) electrons. The van der Waals surface area contributed by atoms with E-state index in [9.17, 15) is 19.8 Å². The van der Waals surface area contributed by atoms with E-state index < -0.39 is 30.6 Å². The Bertz CT molecular complexity index is 227. The molecule has 6 heteroatoms. The molecule has 0 aliphatic heterocycles. The lowest BCUT2D eigenvalue weighted by Gasteiger charge is -2.16. The molecule has 0 bridgehead atoms. The predicted octanol–water partition coefficient (Wildman–Crippen LogP) is -0.649. The number of carbonyl (C=O) groups excluding carboxylic acids is 2. The molecule has 0 aliphatic rings. The van der Waals surface area contributed by atoms with Crippen molar-refractivity contribution in [2.75, 3.05) is 6.61 Å². The van der Waals surface area contributed by atoms with E-state index in [4.69, 9.17) is 5.11 Å². The van der Waals surface area contributed by atoms with Crippen molar-refractivity contribution in [2.24, 2.45) is 0 Å². The zero-order valence-electron chi connectivity index (χ0n) is 9.26. The van der Waals surface area contributed by atoms with Crippen LogP contribution in [0, 0.1) is 0 Å². The molecule has 2 unspecified atom stereocenters. The molecule has 0 heterocycles. The first-order valence-corrected chi connectivity index (χ1v) is 5.15. The predicted molar refractivity (Wildman–Crippen MR) is 54.3 cm³/mol. The minimum atomic E-state index is -1.24. The van der Waals surface area contributed by atoms with E-state index in [-0.39, 0.29) is 13.0 Å². The number of carbonyl (C=O) groups is 2. The highest BCUT2D eigenvalue weighted by Gasteiger charge is 2.20. The summed E-state index contributed by atoms with van der Waals surface area (Å²) in [4.78, 5) is 21.3. The second kappa shape index (κ2) is 8.20. The number of esters is 2. The van der Waals surface area contributed by atoms with Crippen molar-refractivity contribution in [3.63, 3.8) is 0 Å². The highest BCUT2D eigenvalue weighted by molar-refractivity contribution is 5.84. The lowest BCUT2D eigenvalue weighted by molar-refractivity contribution is -0.160. The van der Waals surface area contributed by atoms with Gasteiger partial charge in [0.2, 0.25) is 0 Å². The maximum atomic E-state index is 10.9. The van der Waals surface area contributed by atoms with Gasteiger partial charge < -0.3 is 20.1 Å². The number of aliphatic hydroxyl groups is 3. The standard InChI is InChI=1S/C10H18O6/c1-7(12)16-10(15)6-9(14)8(13)4-2-3-5-11/h8-9,11,13-14H,2-6H2,1H3.